The normalized spacial score (nSPS) is 11.6. The molecule has 310 valence electrons. The molecule has 0 unspecified atom stereocenters. The van der Waals surface area contributed by atoms with Crippen LogP contribution in [-0.2, 0) is 61.9 Å². The summed E-state index contributed by atoms with van der Waals surface area (Å²) in [5.74, 6) is -3.14. The molecule has 0 radical (unpaired) electrons. The van der Waals surface area contributed by atoms with Crippen LogP contribution >= 0.6 is 0 Å². The highest BCUT2D eigenvalue weighted by molar-refractivity contribution is 5.77. The number of nitrogens with zero attached hydrogens (tertiary/aromatic N) is 2. The quantitative estimate of drug-likeness (QED) is 0.117. The van der Waals surface area contributed by atoms with Crippen molar-refractivity contribution in [3.05, 3.63) is 0 Å². The van der Waals surface area contributed by atoms with Crippen LogP contribution < -0.4 is 5.32 Å². The molecule has 0 spiro atoms. The second-order valence-electron chi connectivity index (χ2n) is 16.0. The molecule has 0 aromatic rings. The molecule has 0 atom stereocenters. The van der Waals surface area contributed by atoms with Gasteiger partial charge in [-0.2, -0.15) is 0 Å². The van der Waals surface area contributed by atoms with Gasteiger partial charge in [-0.1, -0.05) is 0 Å². The number of hydrogen-bond donors (Lipinski definition) is 1. The number of carbonyl (C=O) groups excluding carboxylic acids is 8. The monoisotopic (exact) mass is 777 g/mol. The summed E-state index contributed by atoms with van der Waals surface area (Å²) in [4.78, 5) is 101. The van der Waals surface area contributed by atoms with Crippen LogP contribution in [0.25, 0.3) is 0 Å². The van der Waals surface area contributed by atoms with Crippen LogP contribution in [0.4, 0.5) is 14.4 Å². The Bertz CT molecular complexity index is 1190. The van der Waals surface area contributed by atoms with E-state index >= 15 is 0 Å². The topological polar surface area (TPSA) is 229 Å². The van der Waals surface area contributed by atoms with E-state index in [2.05, 4.69) is 5.32 Å². The van der Waals surface area contributed by atoms with E-state index in [9.17, 15) is 38.4 Å². The lowest BCUT2D eigenvalue weighted by Gasteiger charge is -2.27. The molecular formula is C35H59N3O16. The fourth-order valence-electron chi connectivity index (χ4n) is 3.26. The van der Waals surface area contributed by atoms with E-state index < -0.39 is 97.0 Å². The fourth-order valence-corrected chi connectivity index (χ4v) is 3.26. The van der Waals surface area contributed by atoms with E-state index in [1.807, 2.05) is 0 Å². The van der Waals surface area contributed by atoms with Crippen molar-refractivity contribution in [1.82, 2.24) is 15.1 Å². The molecule has 54 heavy (non-hydrogen) atoms. The van der Waals surface area contributed by atoms with Gasteiger partial charge < -0.3 is 53.0 Å². The lowest BCUT2D eigenvalue weighted by Crippen LogP contribution is -2.45. The Kier molecular flexibility index (Phi) is 20.4. The first kappa shape index (κ1) is 49.2. The van der Waals surface area contributed by atoms with Crippen molar-refractivity contribution in [1.29, 1.82) is 0 Å². The molecule has 0 fully saturated rings. The van der Waals surface area contributed by atoms with Crippen LogP contribution in [0.15, 0.2) is 0 Å². The Balaban J connectivity index is 5.65. The van der Waals surface area contributed by atoms with Gasteiger partial charge in [0.1, 0.15) is 0 Å². The number of amides is 3. The molecule has 0 aliphatic heterocycles. The Morgan fingerprint density at radius 3 is 1.13 bits per heavy atom. The summed E-state index contributed by atoms with van der Waals surface area (Å²) >= 11 is 0. The second kappa shape index (κ2) is 22.4. The molecule has 0 heterocycles. The highest BCUT2D eigenvalue weighted by Gasteiger charge is 2.27. The third-order valence-electron chi connectivity index (χ3n) is 6.60. The summed E-state index contributed by atoms with van der Waals surface area (Å²) in [7, 11) is 0. The number of nitrogens with one attached hydrogen (secondary N) is 1. The maximum absolute atomic E-state index is 13.1. The van der Waals surface area contributed by atoms with E-state index in [-0.39, 0.29) is 45.6 Å². The zero-order valence-corrected chi connectivity index (χ0v) is 33.7. The van der Waals surface area contributed by atoms with Gasteiger partial charge in [0.05, 0.1) is 21.7 Å². The van der Waals surface area contributed by atoms with Gasteiger partial charge in [-0.05, 0) is 89.5 Å². The van der Waals surface area contributed by atoms with E-state index in [4.69, 9.17) is 37.9 Å². The molecule has 0 aliphatic carbocycles. The van der Waals surface area contributed by atoms with E-state index in [0.717, 1.165) is 9.80 Å². The minimum Gasteiger partial charge on any atom is -0.428 e. The molecule has 0 aromatic carbocycles. The minimum atomic E-state index is -0.980. The zero-order valence-electron chi connectivity index (χ0n) is 33.7. The number of ether oxygens (including phenoxy) is 8. The highest BCUT2D eigenvalue weighted by atomic mass is 16.7. The van der Waals surface area contributed by atoms with Crippen LogP contribution in [0.2, 0.25) is 0 Å². The third kappa shape index (κ3) is 21.6. The van der Waals surface area contributed by atoms with E-state index in [1.165, 1.54) is 0 Å². The minimum absolute atomic E-state index is 0.0450. The van der Waals surface area contributed by atoms with E-state index in [1.54, 1.807) is 83.1 Å². The number of esters is 5. The summed E-state index contributed by atoms with van der Waals surface area (Å²) in [5, 5.41) is 2.39. The molecule has 0 bridgehead atoms. The molecule has 0 saturated carbocycles. The first-order chi connectivity index (χ1) is 24.7. The molecule has 0 saturated heterocycles. The number of carbonyl (C=O) groups is 8. The first-order valence-corrected chi connectivity index (χ1v) is 17.2. The van der Waals surface area contributed by atoms with Crippen molar-refractivity contribution < 1.29 is 76.3 Å². The molecule has 0 aromatic heterocycles. The summed E-state index contributed by atoms with van der Waals surface area (Å²) in [6.07, 6.45) is -3.05. The SMILES string of the molecule is CC(C)(C)C(=O)OCOC(=O)CCCN(CCN(CCNC(=O)OCOC(=O)C(C)(C)C)C(=O)OCOC(=O)C(C)(C)C)C(=O)OCOC(=O)C(C)(C)C. The maximum Gasteiger partial charge on any atom is 0.412 e. The Morgan fingerprint density at radius 2 is 0.759 bits per heavy atom. The van der Waals surface area contributed by atoms with Gasteiger partial charge in [0.2, 0.25) is 27.2 Å². The summed E-state index contributed by atoms with van der Waals surface area (Å²) in [5.41, 5.74) is -3.35. The molecule has 1 N–H and O–H groups in total. The predicted octanol–water partition coefficient (Wildman–Crippen LogP) is 4.10. The summed E-state index contributed by atoms with van der Waals surface area (Å²) in [6, 6.07) is 0. The Labute approximate surface area is 316 Å². The Morgan fingerprint density at radius 1 is 0.426 bits per heavy atom. The molecule has 0 rings (SSSR count). The van der Waals surface area contributed by atoms with Crippen molar-refractivity contribution >= 4 is 48.1 Å². The van der Waals surface area contributed by atoms with Crippen LogP contribution in [0.3, 0.4) is 0 Å². The van der Waals surface area contributed by atoms with Gasteiger partial charge in [-0.15, -0.1) is 0 Å². The predicted molar refractivity (Wildman–Crippen MR) is 188 cm³/mol. The van der Waals surface area contributed by atoms with Crippen molar-refractivity contribution in [2.45, 2.75) is 95.9 Å². The van der Waals surface area contributed by atoms with Crippen molar-refractivity contribution in [2.24, 2.45) is 21.7 Å². The van der Waals surface area contributed by atoms with Gasteiger partial charge in [0.15, 0.2) is 0 Å². The van der Waals surface area contributed by atoms with Gasteiger partial charge in [-0.25, -0.2) is 14.4 Å². The second-order valence-corrected chi connectivity index (χ2v) is 16.0. The summed E-state index contributed by atoms with van der Waals surface area (Å²) in [6.45, 7) is 15.8. The first-order valence-electron chi connectivity index (χ1n) is 17.2. The van der Waals surface area contributed by atoms with Crippen LogP contribution in [0, 0.1) is 21.7 Å². The van der Waals surface area contributed by atoms with Gasteiger partial charge in [0.25, 0.3) is 0 Å². The maximum atomic E-state index is 13.1. The van der Waals surface area contributed by atoms with Crippen LogP contribution in [0.5, 0.6) is 0 Å². The largest absolute Gasteiger partial charge is 0.428 e. The van der Waals surface area contributed by atoms with Crippen molar-refractivity contribution in [3.63, 3.8) is 0 Å². The van der Waals surface area contributed by atoms with Gasteiger partial charge in [0, 0.05) is 39.1 Å². The fraction of sp³-hybridized carbons (Fsp3) is 0.771. The molecule has 19 heteroatoms. The third-order valence-corrected chi connectivity index (χ3v) is 6.60. The van der Waals surface area contributed by atoms with Gasteiger partial charge in [-0.3, -0.25) is 24.0 Å². The number of alkyl carbamates (subject to hydrolysis) is 1. The van der Waals surface area contributed by atoms with E-state index in [0.29, 0.717) is 0 Å². The number of hydrogen-bond acceptors (Lipinski definition) is 16. The van der Waals surface area contributed by atoms with Crippen LogP contribution in [-0.4, -0.2) is 118 Å². The number of rotatable bonds is 18. The average Bonchev–Trinajstić information content (AvgIpc) is 3.03. The lowest BCUT2D eigenvalue weighted by atomic mass is 9.97. The standard InChI is InChI=1S/C35H59N3O16/c1-32(2,3)25(40)48-20-47-24(39)14-13-16-37(30(45)53-22-50-27(42)34(7,8)9)18-19-38(31(46)54-23-51-28(43)35(10,11)12)17-15-36-29(44)52-21-49-26(41)33(4,5)6/h13-23H2,1-12H3,(H,36,44). The van der Waals surface area contributed by atoms with Crippen LogP contribution in [0.1, 0.15) is 95.9 Å². The van der Waals surface area contributed by atoms with Crippen molar-refractivity contribution in [3.8, 4) is 0 Å². The average molecular weight is 778 g/mol. The molecule has 19 nitrogen and oxygen atoms in total. The molecule has 3 amide bonds. The summed E-state index contributed by atoms with van der Waals surface area (Å²) < 4.78 is 39.8. The highest BCUT2D eigenvalue weighted by Crippen LogP contribution is 2.17. The lowest BCUT2D eigenvalue weighted by molar-refractivity contribution is -0.173. The molecular weight excluding hydrogens is 718 g/mol. The zero-order chi connectivity index (χ0) is 41.9. The van der Waals surface area contributed by atoms with Crippen molar-refractivity contribution in [2.75, 3.05) is 59.9 Å². The molecule has 0 aliphatic rings. The smallest absolute Gasteiger partial charge is 0.412 e. The Hall–Kier alpha value is -4.84. The van der Waals surface area contributed by atoms with Gasteiger partial charge >= 0.3 is 48.1 Å².